The zero-order valence-electron chi connectivity index (χ0n) is 10.8. The number of pyridine rings is 1. The Hall–Kier alpha value is -2.76. The molecule has 0 fully saturated rings. The molecule has 0 bridgehead atoms. The van der Waals surface area contributed by atoms with E-state index in [9.17, 15) is 4.79 Å². The Morgan fingerprint density at radius 1 is 1.20 bits per heavy atom. The molecule has 1 aromatic carbocycles. The highest BCUT2D eigenvalue weighted by Crippen LogP contribution is 2.34. The van der Waals surface area contributed by atoms with Crippen LogP contribution in [0.15, 0.2) is 36.5 Å². The zero-order valence-corrected chi connectivity index (χ0v) is 10.8. The van der Waals surface area contributed by atoms with Crippen molar-refractivity contribution in [1.82, 2.24) is 4.98 Å². The Kier molecular flexibility index (Phi) is 3.12. The van der Waals surface area contributed by atoms with E-state index in [1.807, 2.05) is 0 Å². The first-order valence-corrected chi connectivity index (χ1v) is 6.11. The van der Waals surface area contributed by atoms with Crippen LogP contribution in [-0.4, -0.2) is 24.7 Å². The summed E-state index contributed by atoms with van der Waals surface area (Å²) >= 11 is 0. The average Bonchev–Trinajstić information content (AvgIpc) is 2.95. The van der Waals surface area contributed by atoms with Gasteiger partial charge in [0, 0.05) is 25.0 Å². The van der Waals surface area contributed by atoms with E-state index in [-0.39, 0.29) is 12.7 Å². The number of rotatable bonds is 3. The molecule has 6 heteroatoms. The number of carbonyl (C=O) groups excluding carboxylic acids is 1. The Bertz CT molecular complexity index is 641. The zero-order chi connectivity index (χ0) is 13.9. The molecule has 0 unspecified atom stereocenters. The molecule has 0 spiro atoms. The number of anilines is 2. The van der Waals surface area contributed by atoms with Gasteiger partial charge in [0.1, 0.15) is 5.82 Å². The number of nitrogens with zero attached hydrogens (tertiary/aromatic N) is 1. The monoisotopic (exact) mass is 271 g/mol. The number of nitrogens with one attached hydrogen (secondary N) is 2. The Morgan fingerprint density at radius 2 is 2.05 bits per heavy atom. The molecule has 0 aliphatic carbocycles. The Morgan fingerprint density at radius 3 is 2.80 bits per heavy atom. The minimum absolute atomic E-state index is 0.210. The highest BCUT2D eigenvalue weighted by Gasteiger charge is 2.14. The number of aromatic nitrogens is 1. The highest BCUT2D eigenvalue weighted by molar-refractivity contribution is 6.04. The summed E-state index contributed by atoms with van der Waals surface area (Å²) in [4.78, 5) is 16.2. The van der Waals surface area contributed by atoms with Gasteiger partial charge < -0.3 is 20.1 Å². The highest BCUT2D eigenvalue weighted by atomic mass is 16.7. The second kappa shape index (κ2) is 5.08. The smallest absolute Gasteiger partial charge is 0.257 e. The van der Waals surface area contributed by atoms with E-state index in [0.717, 1.165) is 0 Å². The lowest BCUT2D eigenvalue weighted by Crippen LogP contribution is -2.12. The molecule has 0 saturated carbocycles. The standard InChI is InChI=1S/C14H13N3O3/c1-15-13-5-2-9(7-16-13)14(18)17-10-3-4-11-12(6-10)20-8-19-11/h2-7H,8H2,1H3,(H,15,16)(H,17,18). The summed E-state index contributed by atoms with van der Waals surface area (Å²) in [7, 11) is 1.77. The van der Waals surface area contributed by atoms with Crippen LogP contribution in [0.25, 0.3) is 0 Å². The molecule has 102 valence electrons. The van der Waals surface area contributed by atoms with E-state index in [1.165, 1.54) is 6.20 Å². The first-order valence-electron chi connectivity index (χ1n) is 6.11. The number of ether oxygens (including phenoxy) is 2. The maximum atomic E-state index is 12.1. The molecule has 0 radical (unpaired) electrons. The molecular formula is C14H13N3O3. The minimum Gasteiger partial charge on any atom is -0.454 e. The van der Waals surface area contributed by atoms with Crippen molar-refractivity contribution in [2.45, 2.75) is 0 Å². The molecule has 6 nitrogen and oxygen atoms in total. The van der Waals surface area contributed by atoms with E-state index in [4.69, 9.17) is 9.47 Å². The molecule has 2 heterocycles. The lowest BCUT2D eigenvalue weighted by molar-refractivity contribution is 0.102. The summed E-state index contributed by atoms with van der Waals surface area (Å²) in [6, 6.07) is 8.71. The SMILES string of the molecule is CNc1ccc(C(=O)Nc2ccc3c(c2)OCO3)cn1. The van der Waals surface area contributed by atoms with E-state index in [2.05, 4.69) is 15.6 Å². The molecule has 1 aliphatic rings. The van der Waals surface area contributed by atoms with Crippen LogP contribution >= 0.6 is 0 Å². The van der Waals surface area contributed by atoms with Crippen molar-refractivity contribution < 1.29 is 14.3 Å². The van der Waals surface area contributed by atoms with Gasteiger partial charge in [0.15, 0.2) is 11.5 Å². The first-order chi connectivity index (χ1) is 9.76. The van der Waals surface area contributed by atoms with Gasteiger partial charge in [-0.15, -0.1) is 0 Å². The molecule has 2 N–H and O–H groups in total. The van der Waals surface area contributed by atoms with Gasteiger partial charge >= 0.3 is 0 Å². The van der Waals surface area contributed by atoms with Crippen LogP contribution in [0.5, 0.6) is 11.5 Å². The first kappa shape index (κ1) is 12.3. The van der Waals surface area contributed by atoms with Crippen LogP contribution in [0.1, 0.15) is 10.4 Å². The summed E-state index contributed by atoms with van der Waals surface area (Å²) < 4.78 is 10.5. The molecule has 0 atom stereocenters. The van der Waals surface area contributed by atoms with Crippen LogP contribution in [0.3, 0.4) is 0 Å². The summed E-state index contributed by atoms with van der Waals surface area (Å²) in [5.74, 6) is 1.80. The van der Waals surface area contributed by atoms with Crippen molar-refractivity contribution in [2.75, 3.05) is 24.5 Å². The van der Waals surface area contributed by atoms with Gasteiger partial charge in [0.05, 0.1) is 5.56 Å². The normalized spacial score (nSPS) is 12.1. The summed E-state index contributed by atoms with van der Waals surface area (Å²) in [6.45, 7) is 0.210. The number of hydrogen-bond acceptors (Lipinski definition) is 5. The lowest BCUT2D eigenvalue weighted by Gasteiger charge is -2.06. The van der Waals surface area contributed by atoms with Crippen molar-refractivity contribution in [3.05, 3.63) is 42.1 Å². The number of benzene rings is 1. The van der Waals surface area contributed by atoms with E-state index >= 15 is 0 Å². The molecule has 0 saturated heterocycles. The van der Waals surface area contributed by atoms with Gasteiger partial charge in [-0.05, 0) is 24.3 Å². The molecular weight excluding hydrogens is 258 g/mol. The van der Waals surface area contributed by atoms with Crippen LogP contribution in [-0.2, 0) is 0 Å². The second-order valence-corrected chi connectivity index (χ2v) is 4.20. The maximum absolute atomic E-state index is 12.1. The third-order valence-corrected chi connectivity index (χ3v) is 2.91. The molecule has 1 amide bonds. The summed E-state index contributed by atoms with van der Waals surface area (Å²) in [5.41, 5.74) is 1.14. The van der Waals surface area contributed by atoms with Gasteiger partial charge in [-0.2, -0.15) is 0 Å². The lowest BCUT2D eigenvalue weighted by atomic mass is 10.2. The summed E-state index contributed by atoms with van der Waals surface area (Å²) in [6.07, 6.45) is 1.52. The molecule has 2 aromatic rings. The molecule has 1 aromatic heterocycles. The third kappa shape index (κ3) is 2.35. The van der Waals surface area contributed by atoms with Gasteiger partial charge in [-0.25, -0.2) is 4.98 Å². The minimum atomic E-state index is -0.223. The van der Waals surface area contributed by atoms with Crippen molar-refractivity contribution in [1.29, 1.82) is 0 Å². The van der Waals surface area contributed by atoms with Crippen LogP contribution in [0.2, 0.25) is 0 Å². The van der Waals surface area contributed by atoms with E-state index < -0.39 is 0 Å². The number of amides is 1. The number of fused-ring (bicyclic) bond motifs is 1. The van der Waals surface area contributed by atoms with Crippen molar-refractivity contribution in [3.8, 4) is 11.5 Å². The molecule has 1 aliphatic heterocycles. The predicted octanol–water partition coefficient (Wildman–Crippen LogP) is 2.10. The fraction of sp³-hybridized carbons (Fsp3) is 0.143. The van der Waals surface area contributed by atoms with Crippen LogP contribution < -0.4 is 20.1 Å². The third-order valence-electron chi connectivity index (χ3n) is 2.91. The quantitative estimate of drug-likeness (QED) is 0.894. The van der Waals surface area contributed by atoms with Gasteiger partial charge in [-0.1, -0.05) is 0 Å². The second-order valence-electron chi connectivity index (χ2n) is 4.20. The van der Waals surface area contributed by atoms with Gasteiger partial charge in [0.25, 0.3) is 5.91 Å². The van der Waals surface area contributed by atoms with Crippen molar-refractivity contribution in [2.24, 2.45) is 0 Å². The van der Waals surface area contributed by atoms with E-state index in [1.54, 1.807) is 37.4 Å². The van der Waals surface area contributed by atoms with Crippen molar-refractivity contribution in [3.63, 3.8) is 0 Å². The fourth-order valence-corrected chi connectivity index (χ4v) is 1.85. The number of hydrogen-bond donors (Lipinski definition) is 2. The van der Waals surface area contributed by atoms with E-state index in [0.29, 0.717) is 28.6 Å². The largest absolute Gasteiger partial charge is 0.454 e. The average molecular weight is 271 g/mol. The fourth-order valence-electron chi connectivity index (χ4n) is 1.85. The summed E-state index contributed by atoms with van der Waals surface area (Å²) in [5, 5.41) is 5.69. The molecule has 3 rings (SSSR count). The topological polar surface area (TPSA) is 72.5 Å². The number of carbonyl (C=O) groups is 1. The Labute approximate surface area is 115 Å². The van der Waals surface area contributed by atoms with Crippen molar-refractivity contribution >= 4 is 17.4 Å². The van der Waals surface area contributed by atoms with Gasteiger partial charge in [0.2, 0.25) is 6.79 Å². The van der Waals surface area contributed by atoms with Gasteiger partial charge in [-0.3, -0.25) is 4.79 Å². The van der Waals surface area contributed by atoms with Crippen LogP contribution in [0, 0.1) is 0 Å². The maximum Gasteiger partial charge on any atom is 0.257 e. The Balaban J connectivity index is 1.75. The predicted molar refractivity (Wildman–Crippen MR) is 74.3 cm³/mol. The van der Waals surface area contributed by atoms with Crippen LogP contribution in [0.4, 0.5) is 11.5 Å². The molecule has 20 heavy (non-hydrogen) atoms.